The number of hydrogen-bond donors (Lipinski definition) is 2. The third-order valence-electron chi connectivity index (χ3n) is 3.87. The number of rotatable bonds is 7. The second-order valence-electron chi connectivity index (χ2n) is 6.07. The molecule has 0 bridgehead atoms. The average Bonchev–Trinajstić information content (AvgIpc) is 2.98. The van der Waals surface area contributed by atoms with Gasteiger partial charge in [0.15, 0.2) is 5.65 Å². The number of aromatic nitrogens is 4. The number of aliphatic hydroxyl groups is 1. The summed E-state index contributed by atoms with van der Waals surface area (Å²) in [5.74, 6) is 0.696. The van der Waals surface area contributed by atoms with Gasteiger partial charge in [-0.2, -0.15) is 19.6 Å². The summed E-state index contributed by atoms with van der Waals surface area (Å²) < 4.78 is 15.7. The SMILES string of the molecule is CC(C)N(CCO)c1nc(NCc2cccc(F)c2)n2ncc(Br)c2n1. The molecule has 7 nitrogen and oxygen atoms in total. The van der Waals surface area contributed by atoms with Crippen LogP contribution in [0.3, 0.4) is 0 Å². The first-order valence-electron chi connectivity index (χ1n) is 8.26. The monoisotopic (exact) mass is 422 g/mol. The molecule has 26 heavy (non-hydrogen) atoms. The quantitative estimate of drug-likeness (QED) is 0.609. The van der Waals surface area contributed by atoms with Gasteiger partial charge in [-0.15, -0.1) is 0 Å². The van der Waals surface area contributed by atoms with Crippen molar-refractivity contribution in [2.24, 2.45) is 0 Å². The van der Waals surface area contributed by atoms with Crippen molar-refractivity contribution in [1.29, 1.82) is 0 Å². The first-order chi connectivity index (χ1) is 12.5. The van der Waals surface area contributed by atoms with E-state index in [1.165, 1.54) is 12.1 Å². The Morgan fingerprint density at radius 1 is 1.35 bits per heavy atom. The molecule has 1 aromatic carbocycles. The van der Waals surface area contributed by atoms with E-state index in [0.29, 0.717) is 30.6 Å². The standard InChI is InChI=1S/C17H20BrFN6O/c1-11(2)24(6-7-26)17-22-15-14(18)10-21-25(15)16(23-17)20-9-12-4-3-5-13(19)8-12/h3-5,8,10-11,26H,6-7,9H2,1-2H3,(H,20,22,23). The van der Waals surface area contributed by atoms with Crippen molar-refractivity contribution < 1.29 is 9.50 Å². The maximum Gasteiger partial charge on any atom is 0.231 e. The second-order valence-corrected chi connectivity index (χ2v) is 6.92. The number of anilines is 2. The summed E-state index contributed by atoms with van der Waals surface area (Å²) in [6.07, 6.45) is 1.65. The average molecular weight is 423 g/mol. The zero-order valence-corrected chi connectivity index (χ0v) is 16.1. The van der Waals surface area contributed by atoms with E-state index in [4.69, 9.17) is 0 Å². The second kappa shape index (κ2) is 7.96. The lowest BCUT2D eigenvalue weighted by Gasteiger charge is -2.26. The van der Waals surface area contributed by atoms with Crippen LogP contribution < -0.4 is 10.2 Å². The van der Waals surface area contributed by atoms with Crippen molar-refractivity contribution in [2.75, 3.05) is 23.4 Å². The summed E-state index contributed by atoms with van der Waals surface area (Å²) in [6, 6.07) is 6.49. The minimum absolute atomic E-state index is 0.000788. The number of benzene rings is 1. The highest BCUT2D eigenvalue weighted by Crippen LogP contribution is 2.22. The molecule has 0 unspecified atom stereocenters. The molecule has 0 aliphatic heterocycles. The van der Waals surface area contributed by atoms with Crippen molar-refractivity contribution in [1.82, 2.24) is 19.6 Å². The summed E-state index contributed by atoms with van der Waals surface area (Å²) in [5, 5.41) is 16.8. The Morgan fingerprint density at radius 2 is 2.15 bits per heavy atom. The third-order valence-corrected chi connectivity index (χ3v) is 4.43. The summed E-state index contributed by atoms with van der Waals surface area (Å²) >= 11 is 3.45. The van der Waals surface area contributed by atoms with Crippen molar-refractivity contribution in [2.45, 2.75) is 26.4 Å². The predicted octanol–water partition coefficient (Wildman–Crippen LogP) is 2.85. The molecule has 0 saturated heterocycles. The Morgan fingerprint density at radius 3 is 2.85 bits per heavy atom. The van der Waals surface area contributed by atoms with Gasteiger partial charge < -0.3 is 15.3 Å². The van der Waals surface area contributed by atoms with E-state index in [-0.39, 0.29) is 18.5 Å². The van der Waals surface area contributed by atoms with Crippen LogP contribution in [0, 0.1) is 5.82 Å². The number of hydrogen-bond acceptors (Lipinski definition) is 6. The highest BCUT2D eigenvalue weighted by atomic mass is 79.9. The largest absolute Gasteiger partial charge is 0.395 e. The molecule has 0 saturated carbocycles. The summed E-state index contributed by atoms with van der Waals surface area (Å²) in [6.45, 7) is 4.83. The highest BCUT2D eigenvalue weighted by molar-refractivity contribution is 9.10. The Kier molecular flexibility index (Phi) is 5.67. The first kappa shape index (κ1) is 18.5. The number of nitrogens with one attached hydrogen (secondary N) is 1. The fraction of sp³-hybridized carbons (Fsp3) is 0.353. The van der Waals surface area contributed by atoms with E-state index in [2.05, 4.69) is 36.3 Å². The van der Waals surface area contributed by atoms with E-state index >= 15 is 0 Å². The lowest BCUT2D eigenvalue weighted by atomic mass is 10.2. The smallest absolute Gasteiger partial charge is 0.231 e. The van der Waals surface area contributed by atoms with E-state index in [9.17, 15) is 9.50 Å². The molecule has 0 spiro atoms. The zero-order chi connectivity index (χ0) is 18.7. The fourth-order valence-corrected chi connectivity index (χ4v) is 2.96. The number of nitrogens with zero attached hydrogens (tertiary/aromatic N) is 5. The van der Waals surface area contributed by atoms with Crippen LogP contribution in [0.15, 0.2) is 34.9 Å². The molecule has 138 valence electrons. The van der Waals surface area contributed by atoms with E-state index in [0.717, 1.165) is 10.0 Å². The lowest BCUT2D eigenvalue weighted by molar-refractivity contribution is 0.298. The third kappa shape index (κ3) is 3.94. The fourth-order valence-electron chi connectivity index (χ4n) is 2.61. The molecule has 9 heteroatoms. The van der Waals surface area contributed by atoms with E-state index in [1.54, 1.807) is 16.8 Å². The van der Waals surface area contributed by atoms with Crippen LogP contribution in [0.4, 0.5) is 16.3 Å². The van der Waals surface area contributed by atoms with Crippen LogP contribution in [-0.4, -0.2) is 43.9 Å². The van der Waals surface area contributed by atoms with Gasteiger partial charge in [-0.1, -0.05) is 12.1 Å². The van der Waals surface area contributed by atoms with E-state index < -0.39 is 0 Å². The van der Waals surface area contributed by atoms with Crippen LogP contribution in [0.25, 0.3) is 5.65 Å². The van der Waals surface area contributed by atoms with Gasteiger partial charge in [-0.05, 0) is 47.5 Å². The van der Waals surface area contributed by atoms with Gasteiger partial charge in [0.1, 0.15) is 5.82 Å². The lowest BCUT2D eigenvalue weighted by Crippen LogP contribution is -2.35. The Bertz CT molecular complexity index is 900. The molecule has 0 radical (unpaired) electrons. The minimum atomic E-state index is -0.284. The maximum atomic E-state index is 13.4. The Labute approximate surface area is 159 Å². The molecule has 3 aromatic rings. The molecular weight excluding hydrogens is 403 g/mol. The molecular formula is C17H20BrFN6O. The van der Waals surface area contributed by atoms with Crippen LogP contribution in [0.5, 0.6) is 0 Å². The van der Waals surface area contributed by atoms with Gasteiger partial charge in [0, 0.05) is 19.1 Å². The van der Waals surface area contributed by atoms with Crippen molar-refractivity contribution >= 4 is 33.5 Å². The molecule has 2 aromatic heterocycles. The van der Waals surface area contributed by atoms with Crippen LogP contribution in [0.2, 0.25) is 0 Å². The Balaban J connectivity index is 1.97. The summed E-state index contributed by atoms with van der Waals surface area (Å²) in [4.78, 5) is 11.0. The normalized spacial score (nSPS) is 11.3. The molecule has 0 atom stereocenters. The van der Waals surface area contributed by atoms with E-state index in [1.807, 2.05) is 24.8 Å². The number of fused-ring (bicyclic) bond motifs is 1. The first-order valence-corrected chi connectivity index (χ1v) is 9.06. The number of halogens is 2. The molecule has 2 heterocycles. The van der Waals surface area contributed by atoms with Gasteiger partial charge in [0.2, 0.25) is 11.9 Å². The predicted molar refractivity (Wildman–Crippen MR) is 102 cm³/mol. The van der Waals surface area contributed by atoms with Crippen LogP contribution >= 0.6 is 15.9 Å². The van der Waals surface area contributed by atoms with Gasteiger partial charge in [-0.25, -0.2) is 4.39 Å². The van der Waals surface area contributed by atoms with Crippen molar-refractivity contribution in [3.8, 4) is 0 Å². The molecule has 0 aliphatic carbocycles. The minimum Gasteiger partial charge on any atom is -0.395 e. The maximum absolute atomic E-state index is 13.4. The van der Waals surface area contributed by atoms with Crippen molar-refractivity contribution in [3.05, 3.63) is 46.3 Å². The topological polar surface area (TPSA) is 78.6 Å². The van der Waals surface area contributed by atoms with Crippen LogP contribution in [0.1, 0.15) is 19.4 Å². The summed E-state index contributed by atoms with van der Waals surface area (Å²) in [7, 11) is 0. The molecule has 0 aliphatic rings. The molecule has 2 N–H and O–H groups in total. The highest BCUT2D eigenvalue weighted by Gasteiger charge is 2.18. The molecule has 3 rings (SSSR count). The van der Waals surface area contributed by atoms with Gasteiger partial charge in [-0.3, -0.25) is 0 Å². The van der Waals surface area contributed by atoms with Crippen LogP contribution in [-0.2, 0) is 6.54 Å². The zero-order valence-electron chi connectivity index (χ0n) is 14.5. The number of aliphatic hydroxyl groups excluding tert-OH is 1. The molecule has 0 amide bonds. The van der Waals surface area contributed by atoms with Gasteiger partial charge >= 0.3 is 0 Å². The summed E-state index contributed by atoms with van der Waals surface area (Å²) in [5.41, 5.74) is 1.40. The van der Waals surface area contributed by atoms with Gasteiger partial charge in [0.25, 0.3) is 0 Å². The van der Waals surface area contributed by atoms with Gasteiger partial charge in [0.05, 0.1) is 17.3 Å². The Hall–Kier alpha value is -2.26. The van der Waals surface area contributed by atoms with Crippen molar-refractivity contribution in [3.63, 3.8) is 0 Å². The molecule has 0 fully saturated rings.